The third kappa shape index (κ3) is 3.61. The molecule has 28 heavy (non-hydrogen) atoms. The summed E-state index contributed by atoms with van der Waals surface area (Å²) in [6, 6.07) is 6.57. The second-order valence-corrected chi connectivity index (χ2v) is 6.50. The van der Waals surface area contributed by atoms with Crippen molar-refractivity contribution in [2.75, 3.05) is 0 Å². The lowest BCUT2D eigenvalue weighted by Gasteiger charge is -2.15. The second kappa shape index (κ2) is 6.96. The van der Waals surface area contributed by atoms with Crippen molar-refractivity contribution >= 4 is 0 Å². The highest BCUT2D eigenvalue weighted by molar-refractivity contribution is 5.72. The van der Waals surface area contributed by atoms with Gasteiger partial charge in [-0.25, -0.2) is 30.7 Å². The third-order valence-corrected chi connectivity index (χ3v) is 4.25. The maximum absolute atomic E-state index is 14.5. The molecule has 0 fully saturated rings. The molecular formula is C21H13F7. The van der Waals surface area contributed by atoms with E-state index in [1.807, 2.05) is 0 Å². The molecule has 0 spiro atoms. The van der Waals surface area contributed by atoms with Crippen molar-refractivity contribution in [1.29, 1.82) is 0 Å². The van der Waals surface area contributed by atoms with E-state index in [9.17, 15) is 30.7 Å². The average Bonchev–Trinajstić information content (AvgIpc) is 2.51. The Hall–Kier alpha value is -2.83. The van der Waals surface area contributed by atoms with Gasteiger partial charge in [-0.3, -0.25) is 0 Å². The molecule has 0 saturated carbocycles. The SMILES string of the molecule is Cc1ccc(-c2cc(F)c(-c3cc(F)c(C(C)(F)F)c(F)c3)c(F)c2)c(F)c1. The number of hydrogen-bond donors (Lipinski definition) is 0. The van der Waals surface area contributed by atoms with E-state index in [-0.39, 0.29) is 11.1 Å². The normalized spacial score (nSPS) is 11.8. The Morgan fingerprint density at radius 2 is 1.14 bits per heavy atom. The predicted molar refractivity (Wildman–Crippen MR) is 91.4 cm³/mol. The van der Waals surface area contributed by atoms with Crippen LogP contribution in [0.5, 0.6) is 0 Å². The van der Waals surface area contributed by atoms with E-state index < -0.39 is 51.7 Å². The van der Waals surface area contributed by atoms with Gasteiger partial charge in [0.2, 0.25) is 0 Å². The van der Waals surface area contributed by atoms with E-state index in [1.165, 1.54) is 12.1 Å². The van der Waals surface area contributed by atoms with Crippen molar-refractivity contribution < 1.29 is 30.7 Å². The topological polar surface area (TPSA) is 0 Å². The first-order valence-corrected chi connectivity index (χ1v) is 8.12. The van der Waals surface area contributed by atoms with Crippen molar-refractivity contribution in [3.05, 3.63) is 82.7 Å². The van der Waals surface area contributed by atoms with Gasteiger partial charge in [0.05, 0.1) is 11.1 Å². The van der Waals surface area contributed by atoms with E-state index in [0.29, 0.717) is 24.6 Å². The number of rotatable bonds is 3. The zero-order valence-electron chi connectivity index (χ0n) is 14.7. The molecule has 0 aromatic heterocycles. The number of halogens is 7. The molecule has 7 heteroatoms. The summed E-state index contributed by atoms with van der Waals surface area (Å²) in [5, 5.41) is 0. The van der Waals surface area contributed by atoms with Gasteiger partial charge in [-0.05, 0) is 53.9 Å². The van der Waals surface area contributed by atoms with Crippen LogP contribution in [-0.2, 0) is 5.92 Å². The van der Waals surface area contributed by atoms with Crippen LogP contribution >= 0.6 is 0 Å². The summed E-state index contributed by atoms with van der Waals surface area (Å²) >= 11 is 0. The van der Waals surface area contributed by atoms with Gasteiger partial charge in [-0.1, -0.05) is 12.1 Å². The number of alkyl halides is 2. The summed E-state index contributed by atoms with van der Waals surface area (Å²) < 4.78 is 97.7. The summed E-state index contributed by atoms with van der Waals surface area (Å²) in [6.45, 7) is 1.95. The van der Waals surface area contributed by atoms with E-state index in [4.69, 9.17) is 0 Å². The third-order valence-electron chi connectivity index (χ3n) is 4.25. The molecule has 0 bridgehead atoms. The molecule has 0 radical (unpaired) electrons. The molecule has 0 amide bonds. The first-order chi connectivity index (χ1) is 13.0. The van der Waals surface area contributed by atoms with Gasteiger partial charge in [0, 0.05) is 12.5 Å². The molecule has 0 saturated heterocycles. The number of benzene rings is 3. The minimum atomic E-state index is -3.81. The molecule has 0 aliphatic rings. The van der Waals surface area contributed by atoms with E-state index in [2.05, 4.69) is 0 Å². The second-order valence-electron chi connectivity index (χ2n) is 6.50. The van der Waals surface area contributed by atoms with Crippen LogP contribution in [-0.4, -0.2) is 0 Å². The van der Waals surface area contributed by atoms with Gasteiger partial charge in [-0.2, -0.15) is 0 Å². The van der Waals surface area contributed by atoms with Crippen molar-refractivity contribution in [2.24, 2.45) is 0 Å². The monoisotopic (exact) mass is 398 g/mol. The lowest BCUT2D eigenvalue weighted by molar-refractivity contribution is 0.00988. The fourth-order valence-corrected chi connectivity index (χ4v) is 3.00. The van der Waals surface area contributed by atoms with Crippen LogP contribution in [0.3, 0.4) is 0 Å². The zero-order valence-corrected chi connectivity index (χ0v) is 14.7. The summed E-state index contributed by atoms with van der Waals surface area (Å²) in [6.07, 6.45) is 0. The lowest BCUT2D eigenvalue weighted by atomic mass is 9.96. The van der Waals surface area contributed by atoms with Crippen molar-refractivity contribution in [3.63, 3.8) is 0 Å². The Morgan fingerprint density at radius 1 is 0.643 bits per heavy atom. The molecule has 0 unspecified atom stereocenters. The van der Waals surface area contributed by atoms with E-state index >= 15 is 0 Å². The minimum Gasteiger partial charge on any atom is -0.206 e. The maximum atomic E-state index is 14.5. The Balaban J connectivity index is 2.15. The van der Waals surface area contributed by atoms with E-state index in [1.54, 1.807) is 13.0 Å². The van der Waals surface area contributed by atoms with Crippen LogP contribution in [0.15, 0.2) is 42.5 Å². The van der Waals surface area contributed by atoms with Gasteiger partial charge in [0.1, 0.15) is 29.1 Å². The van der Waals surface area contributed by atoms with Gasteiger partial charge in [0.25, 0.3) is 5.92 Å². The fourth-order valence-electron chi connectivity index (χ4n) is 3.00. The van der Waals surface area contributed by atoms with Crippen LogP contribution in [0, 0.1) is 36.0 Å². The minimum absolute atomic E-state index is 0.0618. The summed E-state index contributed by atoms with van der Waals surface area (Å²) in [5.74, 6) is -10.2. The fraction of sp³-hybridized carbons (Fsp3) is 0.143. The first-order valence-electron chi connectivity index (χ1n) is 8.12. The van der Waals surface area contributed by atoms with Crippen LogP contribution in [0.2, 0.25) is 0 Å². The largest absolute Gasteiger partial charge is 0.276 e. The zero-order chi connectivity index (χ0) is 20.8. The molecule has 0 aliphatic heterocycles. The smallest absolute Gasteiger partial charge is 0.206 e. The van der Waals surface area contributed by atoms with Crippen LogP contribution in [0.1, 0.15) is 18.1 Å². The van der Waals surface area contributed by atoms with Crippen LogP contribution in [0.25, 0.3) is 22.3 Å². The first kappa shape index (κ1) is 19.9. The Morgan fingerprint density at radius 3 is 1.61 bits per heavy atom. The number of hydrogen-bond acceptors (Lipinski definition) is 0. The molecule has 0 aliphatic carbocycles. The lowest BCUT2D eigenvalue weighted by Crippen LogP contribution is -2.13. The molecule has 3 aromatic rings. The molecule has 0 heterocycles. The standard InChI is InChI=1S/C21H13F7/c1-10-3-4-13(14(22)5-10)11-6-15(23)19(16(24)7-11)12-8-17(25)20(18(26)9-12)21(2,27)28/h3-9H,1-2H3. The average molecular weight is 398 g/mol. The van der Waals surface area contributed by atoms with Gasteiger partial charge in [0.15, 0.2) is 0 Å². The maximum Gasteiger partial charge on any atom is 0.276 e. The van der Waals surface area contributed by atoms with Crippen molar-refractivity contribution in [2.45, 2.75) is 19.8 Å². The molecule has 3 aromatic carbocycles. The summed E-state index contributed by atoms with van der Waals surface area (Å²) in [7, 11) is 0. The highest BCUT2D eigenvalue weighted by Crippen LogP contribution is 2.37. The predicted octanol–water partition coefficient (Wildman–Crippen LogP) is 7.14. The Kier molecular flexibility index (Phi) is 4.95. The van der Waals surface area contributed by atoms with Crippen LogP contribution in [0.4, 0.5) is 30.7 Å². The highest BCUT2D eigenvalue weighted by Gasteiger charge is 2.33. The van der Waals surface area contributed by atoms with Crippen molar-refractivity contribution in [3.8, 4) is 22.3 Å². The van der Waals surface area contributed by atoms with Gasteiger partial charge >= 0.3 is 0 Å². The van der Waals surface area contributed by atoms with Gasteiger partial charge < -0.3 is 0 Å². The van der Waals surface area contributed by atoms with Gasteiger partial charge in [-0.15, -0.1) is 0 Å². The molecule has 0 atom stereocenters. The van der Waals surface area contributed by atoms with E-state index in [0.717, 1.165) is 12.1 Å². The molecule has 3 rings (SSSR count). The summed E-state index contributed by atoms with van der Waals surface area (Å²) in [4.78, 5) is 0. The summed E-state index contributed by atoms with van der Waals surface area (Å²) in [5.41, 5.74) is -2.45. The molecular weight excluding hydrogens is 385 g/mol. The number of aryl methyl sites for hydroxylation is 1. The van der Waals surface area contributed by atoms with Crippen molar-refractivity contribution in [1.82, 2.24) is 0 Å². The Labute approximate surface area is 156 Å². The molecule has 0 N–H and O–H groups in total. The molecule has 146 valence electrons. The highest BCUT2D eigenvalue weighted by atomic mass is 19.3. The Bertz CT molecular complexity index is 1020. The molecule has 0 nitrogen and oxygen atoms in total. The van der Waals surface area contributed by atoms with Crippen LogP contribution < -0.4 is 0 Å². The quantitative estimate of drug-likeness (QED) is 0.412.